The van der Waals surface area contributed by atoms with Crippen molar-refractivity contribution in [3.8, 4) is 0 Å². The third kappa shape index (κ3) is 3.94. The number of hydrogen-bond acceptors (Lipinski definition) is 5. The molecule has 0 aliphatic carbocycles. The van der Waals surface area contributed by atoms with Crippen molar-refractivity contribution in [2.24, 2.45) is 0 Å². The van der Waals surface area contributed by atoms with Gasteiger partial charge < -0.3 is 9.32 Å². The van der Waals surface area contributed by atoms with E-state index in [1.165, 1.54) is 12.8 Å². The summed E-state index contributed by atoms with van der Waals surface area (Å²) < 4.78 is 30.5. The number of rotatable bonds is 5. The summed E-state index contributed by atoms with van der Waals surface area (Å²) >= 11 is 0. The van der Waals surface area contributed by atoms with Crippen LogP contribution in [-0.4, -0.2) is 56.3 Å². The molecule has 6 nitrogen and oxygen atoms in total. The highest BCUT2D eigenvalue weighted by atomic mass is 32.2. The van der Waals surface area contributed by atoms with Gasteiger partial charge in [-0.05, 0) is 56.6 Å². The topological polar surface area (TPSA) is 70.8 Å². The third-order valence-electron chi connectivity index (χ3n) is 5.41. The highest BCUT2D eigenvalue weighted by Gasteiger charge is 2.33. The number of carbonyl (C=O) groups excluding carboxylic acids is 1. The number of furan rings is 1. The predicted octanol–water partition coefficient (Wildman–Crippen LogP) is 2.56. The van der Waals surface area contributed by atoms with Crippen LogP contribution in [0.25, 0.3) is 0 Å². The van der Waals surface area contributed by atoms with Gasteiger partial charge in [0.2, 0.25) is 0 Å². The van der Waals surface area contributed by atoms with E-state index in [2.05, 4.69) is 4.90 Å². The second kappa shape index (κ2) is 7.48. The van der Waals surface area contributed by atoms with Crippen molar-refractivity contribution >= 4 is 15.7 Å². The zero-order valence-corrected chi connectivity index (χ0v) is 16.0. The molecule has 3 heterocycles. The normalized spacial score (nSPS) is 21.0. The Morgan fingerprint density at radius 3 is 2.52 bits per heavy atom. The van der Waals surface area contributed by atoms with Crippen molar-refractivity contribution in [2.75, 3.05) is 26.2 Å². The Morgan fingerprint density at radius 2 is 1.78 bits per heavy atom. The highest BCUT2D eigenvalue weighted by molar-refractivity contribution is 7.90. The first-order valence-electron chi connectivity index (χ1n) is 9.43. The van der Waals surface area contributed by atoms with Crippen molar-refractivity contribution in [3.63, 3.8) is 0 Å². The van der Waals surface area contributed by atoms with Gasteiger partial charge in [0, 0.05) is 19.1 Å². The zero-order chi connectivity index (χ0) is 18.9. The van der Waals surface area contributed by atoms with Gasteiger partial charge >= 0.3 is 0 Å². The first-order valence-corrected chi connectivity index (χ1v) is 11.1. The molecule has 1 atom stereocenters. The number of hydrogen-bond donors (Lipinski definition) is 0. The molecule has 2 aromatic rings. The van der Waals surface area contributed by atoms with Gasteiger partial charge in [-0.3, -0.25) is 9.69 Å². The minimum Gasteiger partial charge on any atom is -0.455 e. The predicted molar refractivity (Wildman–Crippen MR) is 101 cm³/mol. The molecule has 0 N–H and O–H groups in total. The van der Waals surface area contributed by atoms with Gasteiger partial charge in [-0.2, -0.15) is 0 Å². The number of likely N-dealkylation sites (tertiary alicyclic amines) is 2. The molecule has 0 bridgehead atoms. The number of carbonyl (C=O) groups is 1. The molecule has 4 rings (SSSR count). The molecule has 2 saturated heterocycles. The first kappa shape index (κ1) is 18.3. The summed E-state index contributed by atoms with van der Waals surface area (Å²) in [5.74, 6) is 0.105. The van der Waals surface area contributed by atoms with Crippen LogP contribution in [-0.2, 0) is 15.6 Å². The molecule has 2 fully saturated rings. The van der Waals surface area contributed by atoms with Crippen molar-refractivity contribution in [3.05, 3.63) is 54.0 Å². The maximum Gasteiger partial charge on any atom is 0.289 e. The molecule has 144 valence electrons. The Bertz CT molecular complexity index is 901. The Kier molecular flexibility index (Phi) is 5.06. The van der Waals surface area contributed by atoms with Crippen molar-refractivity contribution in [1.82, 2.24) is 9.80 Å². The van der Waals surface area contributed by atoms with Crippen LogP contribution in [0.2, 0.25) is 0 Å². The van der Waals surface area contributed by atoms with Crippen LogP contribution < -0.4 is 0 Å². The van der Waals surface area contributed by atoms with E-state index in [-0.39, 0.29) is 28.1 Å². The minimum atomic E-state index is -3.49. The lowest BCUT2D eigenvalue weighted by Crippen LogP contribution is -2.37. The zero-order valence-electron chi connectivity index (χ0n) is 15.2. The molecular formula is C20H24N2O4S. The van der Waals surface area contributed by atoms with Crippen LogP contribution in [0.15, 0.2) is 51.8 Å². The van der Waals surface area contributed by atoms with Crippen LogP contribution in [0.5, 0.6) is 0 Å². The van der Waals surface area contributed by atoms with E-state index in [0.29, 0.717) is 6.04 Å². The lowest BCUT2D eigenvalue weighted by Gasteiger charge is -2.23. The van der Waals surface area contributed by atoms with Gasteiger partial charge in [-0.1, -0.05) is 18.2 Å². The fourth-order valence-electron chi connectivity index (χ4n) is 3.96. The number of amides is 1. The van der Waals surface area contributed by atoms with Gasteiger partial charge in [-0.15, -0.1) is 0 Å². The lowest BCUT2D eigenvalue weighted by atomic mass is 10.2. The Morgan fingerprint density at radius 1 is 1.04 bits per heavy atom. The van der Waals surface area contributed by atoms with Crippen LogP contribution >= 0.6 is 0 Å². The fraction of sp³-hybridized carbons (Fsp3) is 0.450. The second-order valence-corrected chi connectivity index (χ2v) is 9.26. The van der Waals surface area contributed by atoms with Gasteiger partial charge in [0.15, 0.2) is 15.6 Å². The van der Waals surface area contributed by atoms with Crippen molar-refractivity contribution < 1.29 is 17.6 Å². The SMILES string of the molecule is O=C(c1ccc(CS(=O)(=O)c2ccccc2)o1)N1CCC(N2CCCC2)C1. The quantitative estimate of drug-likeness (QED) is 0.787. The molecule has 0 saturated carbocycles. The Balaban J connectivity index is 1.41. The first-order chi connectivity index (χ1) is 13.0. The standard InChI is InChI=1S/C20H24N2O4S/c23-20(22-13-10-16(14-22)21-11-4-5-12-21)19-9-8-17(26-19)15-27(24,25)18-6-2-1-3-7-18/h1-3,6-9,16H,4-5,10-15H2. The Labute approximate surface area is 159 Å². The highest BCUT2D eigenvalue weighted by Crippen LogP contribution is 2.23. The van der Waals surface area contributed by atoms with Crippen LogP contribution in [0.4, 0.5) is 0 Å². The number of nitrogens with zero attached hydrogens (tertiary/aromatic N) is 2. The summed E-state index contributed by atoms with van der Waals surface area (Å²) in [4.78, 5) is 17.3. The molecule has 1 aromatic heterocycles. The fourth-order valence-corrected chi connectivity index (χ4v) is 5.22. The maximum absolute atomic E-state index is 12.7. The van der Waals surface area contributed by atoms with Gasteiger partial charge in [0.25, 0.3) is 5.91 Å². The molecule has 1 amide bonds. The lowest BCUT2D eigenvalue weighted by molar-refractivity contribution is 0.0747. The Hall–Kier alpha value is -2.12. The van der Waals surface area contributed by atoms with E-state index < -0.39 is 9.84 Å². The van der Waals surface area contributed by atoms with Crippen LogP contribution in [0.1, 0.15) is 35.6 Å². The van der Waals surface area contributed by atoms with Crippen molar-refractivity contribution in [2.45, 2.75) is 36.0 Å². The third-order valence-corrected chi connectivity index (χ3v) is 7.07. The van der Waals surface area contributed by atoms with E-state index in [1.807, 2.05) is 4.90 Å². The summed E-state index contributed by atoms with van der Waals surface area (Å²) in [5.41, 5.74) is 0. The second-order valence-electron chi connectivity index (χ2n) is 7.27. The van der Waals surface area contributed by atoms with E-state index >= 15 is 0 Å². The van der Waals surface area contributed by atoms with E-state index in [9.17, 15) is 13.2 Å². The van der Waals surface area contributed by atoms with E-state index in [0.717, 1.165) is 32.6 Å². The molecule has 2 aliphatic rings. The summed E-state index contributed by atoms with van der Waals surface area (Å²) in [6, 6.07) is 11.9. The molecule has 7 heteroatoms. The molecule has 27 heavy (non-hydrogen) atoms. The summed E-state index contributed by atoms with van der Waals surface area (Å²) in [7, 11) is -3.49. The molecular weight excluding hydrogens is 364 g/mol. The van der Waals surface area contributed by atoms with E-state index in [4.69, 9.17) is 4.42 Å². The molecule has 0 spiro atoms. The van der Waals surface area contributed by atoms with E-state index in [1.54, 1.807) is 42.5 Å². The molecule has 1 aromatic carbocycles. The van der Waals surface area contributed by atoms with Crippen LogP contribution in [0.3, 0.4) is 0 Å². The van der Waals surface area contributed by atoms with Gasteiger partial charge in [-0.25, -0.2) is 8.42 Å². The maximum atomic E-state index is 12.7. The summed E-state index contributed by atoms with van der Waals surface area (Å²) in [6.07, 6.45) is 3.46. The summed E-state index contributed by atoms with van der Waals surface area (Å²) in [5, 5.41) is 0. The minimum absolute atomic E-state index is 0.153. The molecule has 2 aliphatic heterocycles. The largest absolute Gasteiger partial charge is 0.455 e. The average molecular weight is 388 g/mol. The van der Waals surface area contributed by atoms with Gasteiger partial charge in [0.05, 0.1) is 4.90 Å². The van der Waals surface area contributed by atoms with Crippen LogP contribution in [0, 0.1) is 0 Å². The molecule has 1 unspecified atom stereocenters. The molecule has 0 radical (unpaired) electrons. The monoisotopic (exact) mass is 388 g/mol. The average Bonchev–Trinajstić information content (AvgIpc) is 3.42. The summed E-state index contributed by atoms with van der Waals surface area (Å²) in [6.45, 7) is 3.68. The van der Waals surface area contributed by atoms with Gasteiger partial charge in [0.1, 0.15) is 11.5 Å². The smallest absolute Gasteiger partial charge is 0.289 e. The van der Waals surface area contributed by atoms with Crippen molar-refractivity contribution in [1.29, 1.82) is 0 Å². The number of sulfone groups is 1. The number of benzene rings is 1.